The number of carbonyl (C=O) groups is 1. The molecule has 0 unspecified atom stereocenters. The van der Waals surface area contributed by atoms with E-state index >= 15 is 0 Å². The van der Waals surface area contributed by atoms with Gasteiger partial charge in [-0.1, -0.05) is 0 Å². The second-order valence-electron chi connectivity index (χ2n) is 5.89. The van der Waals surface area contributed by atoms with Gasteiger partial charge in [-0.2, -0.15) is 0 Å². The van der Waals surface area contributed by atoms with Crippen molar-refractivity contribution in [1.82, 2.24) is 9.97 Å². The van der Waals surface area contributed by atoms with Gasteiger partial charge >= 0.3 is 0 Å². The number of nitrogens with two attached hydrogens (primary N) is 1. The summed E-state index contributed by atoms with van der Waals surface area (Å²) in [6, 6.07) is 19.0. The van der Waals surface area contributed by atoms with E-state index in [0.29, 0.717) is 34.1 Å². The molecule has 3 aromatic carbocycles. The second kappa shape index (κ2) is 6.72. The fourth-order valence-corrected chi connectivity index (χ4v) is 2.69. The molecule has 1 aromatic heterocycles. The van der Waals surface area contributed by atoms with Crippen molar-refractivity contribution < 1.29 is 9.53 Å². The van der Waals surface area contributed by atoms with E-state index in [1.54, 1.807) is 42.5 Å². The number of hydrogen-bond acceptors (Lipinski definition) is 5. The number of fused-ring (bicyclic) bond motifs is 1. The number of aromatic amines is 1. The second-order valence-corrected chi connectivity index (χ2v) is 5.89. The summed E-state index contributed by atoms with van der Waals surface area (Å²) in [4.78, 5) is 29.5. The molecule has 0 aliphatic carbocycles. The molecule has 7 nitrogen and oxygen atoms in total. The Morgan fingerprint density at radius 2 is 1.63 bits per heavy atom. The summed E-state index contributed by atoms with van der Waals surface area (Å²) in [7, 11) is 0. The Labute approximate surface area is 153 Å². The molecule has 27 heavy (non-hydrogen) atoms. The fraction of sp³-hybridized carbons (Fsp3) is 0. The Morgan fingerprint density at radius 3 is 2.26 bits per heavy atom. The maximum Gasteiger partial charge on any atom is 0.248 e. The summed E-state index contributed by atoms with van der Waals surface area (Å²) in [5, 5.41) is 2.86. The van der Waals surface area contributed by atoms with E-state index in [9.17, 15) is 9.70 Å². The van der Waals surface area contributed by atoms with Crippen LogP contribution in [-0.4, -0.2) is 15.9 Å². The number of carbonyl (C=O) groups excluding carboxylic acids is 1. The largest absolute Gasteiger partial charge is 0.457 e. The zero-order valence-electron chi connectivity index (χ0n) is 14.0. The van der Waals surface area contributed by atoms with Crippen LogP contribution in [0.1, 0.15) is 10.4 Å². The molecule has 0 saturated carbocycles. The van der Waals surface area contributed by atoms with Gasteiger partial charge in [-0.25, -0.2) is 4.98 Å². The van der Waals surface area contributed by atoms with Gasteiger partial charge in [0.1, 0.15) is 23.0 Å². The molecule has 1 heterocycles. The first-order valence-corrected chi connectivity index (χ1v) is 8.14. The molecule has 0 atom stereocenters. The molecule has 0 fully saturated rings. The summed E-state index contributed by atoms with van der Waals surface area (Å²) in [6.07, 6.45) is 0. The highest BCUT2D eigenvalue weighted by Gasteiger charge is 2.08. The lowest BCUT2D eigenvalue weighted by Crippen LogP contribution is -2.10. The van der Waals surface area contributed by atoms with Crippen LogP contribution in [0.5, 0.6) is 11.5 Å². The van der Waals surface area contributed by atoms with Crippen LogP contribution >= 0.6 is 0 Å². The number of rotatable bonds is 5. The van der Waals surface area contributed by atoms with Gasteiger partial charge in [-0.05, 0) is 71.9 Å². The van der Waals surface area contributed by atoms with Gasteiger partial charge in [0.15, 0.2) is 0 Å². The first-order chi connectivity index (χ1) is 13.1. The van der Waals surface area contributed by atoms with Crippen LogP contribution in [0.25, 0.3) is 22.4 Å². The molecule has 132 valence electrons. The number of ether oxygens (including phenoxy) is 1. The quantitative estimate of drug-likeness (QED) is 0.511. The number of imidazole rings is 1. The van der Waals surface area contributed by atoms with E-state index in [1.807, 2.05) is 24.3 Å². The number of H-pyrrole nitrogens is 1. The minimum atomic E-state index is -0.486. The lowest BCUT2D eigenvalue weighted by Gasteiger charge is -2.06. The first-order valence-electron chi connectivity index (χ1n) is 8.14. The van der Waals surface area contributed by atoms with E-state index < -0.39 is 5.91 Å². The number of nitroso groups, excluding NO2 is 1. The predicted molar refractivity (Wildman–Crippen MR) is 102 cm³/mol. The molecule has 0 aliphatic heterocycles. The summed E-state index contributed by atoms with van der Waals surface area (Å²) in [6.45, 7) is 0. The van der Waals surface area contributed by atoms with Crippen molar-refractivity contribution in [1.29, 1.82) is 0 Å². The molecule has 4 aromatic rings. The van der Waals surface area contributed by atoms with Gasteiger partial charge in [-0.15, -0.1) is 4.91 Å². The topological polar surface area (TPSA) is 110 Å². The molecule has 0 spiro atoms. The lowest BCUT2D eigenvalue weighted by molar-refractivity contribution is 0.100. The number of nitrogens with zero attached hydrogens (tertiary/aromatic N) is 2. The van der Waals surface area contributed by atoms with Gasteiger partial charge in [-0.3, -0.25) is 4.79 Å². The number of nitrogens with one attached hydrogen (secondary N) is 1. The maximum absolute atomic E-state index is 11.3. The van der Waals surface area contributed by atoms with Crippen molar-refractivity contribution >= 4 is 22.6 Å². The maximum atomic E-state index is 11.3. The van der Waals surface area contributed by atoms with Crippen LogP contribution in [0.15, 0.2) is 71.9 Å². The third kappa shape index (κ3) is 3.38. The van der Waals surface area contributed by atoms with Crippen LogP contribution in [0.2, 0.25) is 0 Å². The van der Waals surface area contributed by atoms with E-state index in [0.717, 1.165) is 11.1 Å². The van der Waals surface area contributed by atoms with Crippen molar-refractivity contribution in [2.24, 2.45) is 10.9 Å². The molecular weight excluding hydrogens is 344 g/mol. The summed E-state index contributed by atoms with van der Waals surface area (Å²) in [5.41, 5.74) is 8.44. The third-order valence-electron chi connectivity index (χ3n) is 4.07. The minimum Gasteiger partial charge on any atom is -0.457 e. The number of primary amides is 1. The van der Waals surface area contributed by atoms with E-state index in [4.69, 9.17) is 10.5 Å². The number of aromatic nitrogens is 2. The highest BCUT2D eigenvalue weighted by Crippen LogP contribution is 2.27. The van der Waals surface area contributed by atoms with Crippen LogP contribution in [0.4, 0.5) is 5.69 Å². The molecule has 4 rings (SSSR count). The Kier molecular flexibility index (Phi) is 4.10. The monoisotopic (exact) mass is 358 g/mol. The third-order valence-corrected chi connectivity index (χ3v) is 4.07. The highest BCUT2D eigenvalue weighted by molar-refractivity contribution is 5.96. The molecule has 0 saturated heterocycles. The van der Waals surface area contributed by atoms with Gasteiger partial charge < -0.3 is 15.5 Å². The van der Waals surface area contributed by atoms with Gasteiger partial charge in [0.2, 0.25) is 5.91 Å². The van der Waals surface area contributed by atoms with Gasteiger partial charge in [0, 0.05) is 11.1 Å². The average Bonchev–Trinajstić information content (AvgIpc) is 3.12. The number of hydrogen-bond donors (Lipinski definition) is 2. The molecule has 7 heteroatoms. The summed E-state index contributed by atoms with van der Waals surface area (Å²) in [5.74, 6) is 1.45. The smallest absolute Gasteiger partial charge is 0.248 e. The summed E-state index contributed by atoms with van der Waals surface area (Å²) < 4.78 is 5.74. The van der Waals surface area contributed by atoms with Crippen LogP contribution in [0, 0.1) is 4.91 Å². The zero-order valence-corrected chi connectivity index (χ0v) is 14.0. The zero-order chi connectivity index (χ0) is 18.8. The Balaban J connectivity index is 1.56. The fourth-order valence-electron chi connectivity index (χ4n) is 2.69. The first kappa shape index (κ1) is 16.5. The Hall–Kier alpha value is -4.00. The SMILES string of the molecule is NC(=O)c1ccc2[nH]c(-c3ccc(Oc4ccc(N=O)cc4)cc3)nc2c1. The van der Waals surface area contributed by atoms with Crippen LogP contribution < -0.4 is 10.5 Å². The van der Waals surface area contributed by atoms with Crippen LogP contribution in [0.3, 0.4) is 0 Å². The molecule has 1 amide bonds. The average molecular weight is 358 g/mol. The number of amides is 1. The van der Waals surface area contributed by atoms with Gasteiger partial charge in [0.25, 0.3) is 0 Å². The van der Waals surface area contributed by atoms with Crippen LogP contribution in [-0.2, 0) is 0 Å². The molecule has 0 radical (unpaired) electrons. The van der Waals surface area contributed by atoms with E-state index in [-0.39, 0.29) is 0 Å². The van der Waals surface area contributed by atoms with Crippen molar-refractivity contribution in [2.75, 3.05) is 0 Å². The van der Waals surface area contributed by atoms with E-state index in [2.05, 4.69) is 15.1 Å². The molecule has 0 bridgehead atoms. The minimum absolute atomic E-state index is 0.349. The lowest BCUT2D eigenvalue weighted by atomic mass is 10.2. The highest BCUT2D eigenvalue weighted by atomic mass is 16.5. The van der Waals surface area contributed by atoms with Gasteiger partial charge in [0.05, 0.1) is 11.0 Å². The van der Waals surface area contributed by atoms with Crippen molar-refractivity contribution in [3.8, 4) is 22.9 Å². The van der Waals surface area contributed by atoms with Crippen molar-refractivity contribution in [3.05, 3.63) is 77.2 Å². The molecule has 0 aliphatic rings. The Bertz CT molecular complexity index is 1130. The number of benzene rings is 3. The van der Waals surface area contributed by atoms with E-state index in [1.165, 1.54) is 0 Å². The van der Waals surface area contributed by atoms with Crippen molar-refractivity contribution in [3.63, 3.8) is 0 Å². The standard InChI is InChI=1S/C20H14N4O3/c21-19(25)13-3-10-17-18(11-13)23-20(22-17)12-1-6-15(7-2-12)27-16-8-4-14(24-26)5-9-16/h1-11H,(H2,21,25)(H,22,23). The Morgan fingerprint density at radius 1 is 0.963 bits per heavy atom. The normalized spacial score (nSPS) is 10.7. The molecular formula is C20H14N4O3. The molecule has 3 N–H and O–H groups in total. The summed E-state index contributed by atoms with van der Waals surface area (Å²) >= 11 is 0. The van der Waals surface area contributed by atoms with Crippen molar-refractivity contribution in [2.45, 2.75) is 0 Å². The predicted octanol–water partition coefficient (Wildman–Crippen LogP) is 4.52.